The highest BCUT2D eigenvalue weighted by Crippen LogP contribution is 2.39. The van der Waals surface area contributed by atoms with Gasteiger partial charge in [-0.25, -0.2) is 4.79 Å². The monoisotopic (exact) mass is 433 g/mol. The average Bonchev–Trinajstić information content (AvgIpc) is 3.14. The number of esters is 1. The van der Waals surface area contributed by atoms with Crippen molar-refractivity contribution in [3.8, 4) is 16.9 Å². The summed E-state index contributed by atoms with van der Waals surface area (Å²) in [5, 5.41) is 2.32. The second kappa shape index (κ2) is 8.22. The molecule has 0 bridgehead atoms. The van der Waals surface area contributed by atoms with Crippen LogP contribution in [0.2, 0.25) is 0 Å². The minimum Gasteiger partial charge on any atom is -0.490 e. The molecular formula is C24H23N3O5. The Labute approximate surface area is 185 Å². The lowest BCUT2D eigenvalue weighted by atomic mass is 9.96. The third-order valence-electron chi connectivity index (χ3n) is 5.62. The van der Waals surface area contributed by atoms with E-state index in [1.54, 1.807) is 6.07 Å². The Bertz CT molecular complexity index is 1170. The number of rotatable bonds is 5. The van der Waals surface area contributed by atoms with Crippen LogP contribution in [0.25, 0.3) is 11.1 Å². The van der Waals surface area contributed by atoms with Crippen LogP contribution < -0.4 is 15.0 Å². The van der Waals surface area contributed by atoms with Crippen molar-refractivity contribution in [2.45, 2.75) is 6.54 Å². The van der Waals surface area contributed by atoms with E-state index < -0.39 is 11.9 Å². The van der Waals surface area contributed by atoms with Crippen LogP contribution >= 0.6 is 0 Å². The van der Waals surface area contributed by atoms with Gasteiger partial charge in [0.1, 0.15) is 23.8 Å². The largest absolute Gasteiger partial charge is 0.490 e. The Morgan fingerprint density at radius 1 is 1.16 bits per heavy atom. The van der Waals surface area contributed by atoms with Crippen molar-refractivity contribution in [3.63, 3.8) is 0 Å². The lowest BCUT2D eigenvalue weighted by Gasteiger charge is -2.28. The second-order valence-electron chi connectivity index (χ2n) is 7.55. The molecule has 164 valence electrons. The number of carbonyl (C=O) groups is 3. The molecule has 0 fully saturated rings. The number of amides is 2. The topological polar surface area (TPSA) is 88.2 Å². The molecule has 8 nitrogen and oxygen atoms in total. The number of hydrogen-bond acceptors (Lipinski definition) is 6. The van der Waals surface area contributed by atoms with Gasteiger partial charge in [0.15, 0.2) is 0 Å². The standard InChI is InChI=1S/C24H23N3O5/c1-14(24(30)31-4)25-22(28)15(2)27-13-19-17(6-5-7-18(19)23(27)29)16-8-9-20-21(12-16)32-11-10-26(20)3/h5-9,12H,1-2,10-11,13H2,3-4H3,(H,25,28). The highest BCUT2D eigenvalue weighted by molar-refractivity contribution is 6.07. The van der Waals surface area contributed by atoms with E-state index in [0.717, 1.165) is 34.7 Å². The SMILES string of the molecule is C=C(NC(=O)C(=C)N1Cc2c(cccc2-c2ccc3c(c2)OCCN3C)C1=O)C(=O)OC. The minimum absolute atomic E-state index is 0.0856. The van der Waals surface area contributed by atoms with Crippen molar-refractivity contribution in [2.75, 3.05) is 32.2 Å². The smallest absolute Gasteiger partial charge is 0.353 e. The number of nitrogens with one attached hydrogen (secondary N) is 1. The van der Waals surface area contributed by atoms with E-state index in [0.29, 0.717) is 12.2 Å². The van der Waals surface area contributed by atoms with E-state index in [2.05, 4.69) is 28.1 Å². The van der Waals surface area contributed by atoms with Crippen LogP contribution in [-0.2, 0) is 20.9 Å². The van der Waals surface area contributed by atoms with Gasteiger partial charge in [-0.3, -0.25) is 14.5 Å². The Kier molecular flexibility index (Phi) is 5.44. The first kappa shape index (κ1) is 21.2. The van der Waals surface area contributed by atoms with Gasteiger partial charge in [-0.15, -0.1) is 0 Å². The summed E-state index contributed by atoms with van der Waals surface area (Å²) >= 11 is 0. The summed E-state index contributed by atoms with van der Waals surface area (Å²) in [5.41, 5.74) is 3.78. The maximum Gasteiger partial charge on any atom is 0.353 e. The summed E-state index contributed by atoms with van der Waals surface area (Å²) in [4.78, 5) is 40.4. The molecule has 0 aliphatic carbocycles. The molecule has 2 aliphatic rings. The summed E-state index contributed by atoms with van der Waals surface area (Å²) in [6, 6.07) is 11.4. The predicted octanol–water partition coefficient (Wildman–Crippen LogP) is 2.45. The molecule has 4 rings (SSSR count). The Morgan fingerprint density at radius 2 is 1.91 bits per heavy atom. The number of likely N-dealkylation sites (N-methyl/N-ethyl adjacent to an activating group) is 1. The molecule has 2 aromatic rings. The number of hydrogen-bond donors (Lipinski definition) is 1. The molecule has 0 atom stereocenters. The molecule has 2 aliphatic heterocycles. The summed E-state index contributed by atoms with van der Waals surface area (Å²) < 4.78 is 10.3. The molecule has 2 heterocycles. The first-order valence-corrected chi connectivity index (χ1v) is 10.0. The number of anilines is 1. The molecule has 1 N–H and O–H groups in total. The zero-order valence-electron chi connectivity index (χ0n) is 17.9. The average molecular weight is 433 g/mol. The van der Waals surface area contributed by atoms with Crippen molar-refractivity contribution in [1.29, 1.82) is 0 Å². The number of carbonyl (C=O) groups excluding carboxylic acids is 3. The van der Waals surface area contributed by atoms with Gasteiger partial charge in [-0.2, -0.15) is 0 Å². The van der Waals surface area contributed by atoms with Crippen LogP contribution in [0.15, 0.2) is 61.0 Å². The van der Waals surface area contributed by atoms with E-state index >= 15 is 0 Å². The predicted molar refractivity (Wildman–Crippen MR) is 119 cm³/mol. The second-order valence-corrected chi connectivity index (χ2v) is 7.55. The van der Waals surface area contributed by atoms with Gasteiger partial charge >= 0.3 is 5.97 Å². The molecule has 0 saturated carbocycles. The van der Waals surface area contributed by atoms with E-state index in [1.165, 1.54) is 12.0 Å². The maximum absolute atomic E-state index is 13.0. The van der Waals surface area contributed by atoms with E-state index in [1.807, 2.05) is 37.4 Å². The van der Waals surface area contributed by atoms with Crippen LogP contribution in [0.3, 0.4) is 0 Å². The quantitative estimate of drug-likeness (QED) is 0.576. The highest BCUT2D eigenvalue weighted by Gasteiger charge is 2.34. The Balaban J connectivity index is 1.61. The zero-order chi connectivity index (χ0) is 23.0. The fourth-order valence-electron chi connectivity index (χ4n) is 3.85. The van der Waals surface area contributed by atoms with Crippen molar-refractivity contribution in [2.24, 2.45) is 0 Å². The van der Waals surface area contributed by atoms with E-state index in [4.69, 9.17) is 4.74 Å². The zero-order valence-corrected chi connectivity index (χ0v) is 17.9. The molecule has 2 aromatic carbocycles. The fourth-order valence-corrected chi connectivity index (χ4v) is 3.85. The third-order valence-corrected chi connectivity index (χ3v) is 5.62. The molecule has 2 amide bonds. The van der Waals surface area contributed by atoms with Gasteiger partial charge in [0.25, 0.3) is 11.8 Å². The van der Waals surface area contributed by atoms with Gasteiger partial charge < -0.3 is 19.7 Å². The summed E-state index contributed by atoms with van der Waals surface area (Å²) in [6.07, 6.45) is 0. The lowest BCUT2D eigenvalue weighted by Crippen LogP contribution is -2.36. The number of fused-ring (bicyclic) bond motifs is 2. The molecule has 8 heteroatoms. The molecule has 32 heavy (non-hydrogen) atoms. The molecular weight excluding hydrogens is 410 g/mol. The molecule has 0 spiro atoms. The fraction of sp³-hybridized carbons (Fsp3) is 0.208. The van der Waals surface area contributed by atoms with E-state index in [-0.39, 0.29) is 23.8 Å². The van der Waals surface area contributed by atoms with E-state index in [9.17, 15) is 14.4 Å². The normalized spacial score (nSPS) is 14.2. The summed E-state index contributed by atoms with van der Waals surface area (Å²) in [5.74, 6) is -1.02. The minimum atomic E-state index is -0.773. The van der Waals surface area contributed by atoms with Gasteiger partial charge in [0, 0.05) is 12.6 Å². The number of nitrogens with zero attached hydrogens (tertiary/aromatic N) is 2. The third kappa shape index (κ3) is 3.60. The van der Waals surface area contributed by atoms with Crippen LogP contribution in [0.5, 0.6) is 5.75 Å². The number of benzene rings is 2. The Hall–Kier alpha value is -4.07. The van der Waals surface area contributed by atoms with Gasteiger partial charge in [0.2, 0.25) is 0 Å². The van der Waals surface area contributed by atoms with Crippen molar-refractivity contribution < 1.29 is 23.9 Å². The van der Waals surface area contributed by atoms with Crippen LogP contribution in [0.4, 0.5) is 5.69 Å². The Morgan fingerprint density at radius 3 is 2.66 bits per heavy atom. The first-order chi connectivity index (χ1) is 15.3. The maximum atomic E-state index is 13.0. The number of ether oxygens (including phenoxy) is 2. The highest BCUT2D eigenvalue weighted by atomic mass is 16.5. The van der Waals surface area contributed by atoms with Gasteiger partial charge in [-0.1, -0.05) is 31.4 Å². The summed E-state index contributed by atoms with van der Waals surface area (Å²) in [7, 11) is 3.20. The lowest BCUT2D eigenvalue weighted by molar-refractivity contribution is -0.137. The number of methoxy groups -OCH3 is 1. The van der Waals surface area contributed by atoms with Crippen molar-refractivity contribution in [1.82, 2.24) is 10.2 Å². The van der Waals surface area contributed by atoms with Crippen molar-refractivity contribution in [3.05, 3.63) is 72.1 Å². The van der Waals surface area contributed by atoms with Crippen LogP contribution in [-0.4, -0.2) is 50.0 Å². The molecule has 0 unspecified atom stereocenters. The molecule has 0 aromatic heterocycles. The molecule has 0 radical (unpaired) electrons. The van der Waals surface area contributed by atoms with Crippen LogP contribution in [0, 0.1) is 0 Å². The van der Waals surface area contributed by atoms with Gasteiger partial charge in [-0.05, 0) is 34.9 Å². The summed E-state index contributed by atoms with van der Waals surface area (Å²) in [6.45, 7) is 8.82. The van der Waals surface area contributed by atoms with Crippen LogP contribution in [0.1, 0.15) is 15.9 Å². The first-order valence-electron chi connectivity index (χ1n) is 10.0. The van der Waals surface area contributed by atoms with Crippen molar-refractivity contribution >= 4 is 23.5 Å². The van der Waals surface area contributed by atoms with Gasteiger partial charge in [0.05, 0.1) is 25.9 Å². The molecule has 0 saturated heterocycles.